The minimum atomic E-state index is -0.836. The van der Waals surface area contributed by atoms with Crippen molar-refractivity contribution in [3.63, 3.8) is 0 Å². The second-order valence-corrected chi connectivity index (χ2v) is 19.5. The Bertz CT molecular complexity index is 1790. The van der Waals surface area contributed by atoms with Crippen molar-refractivity contribution in [3.05, 3.63) is 170 Å². The Labute approximate surface area is 472 Å². The summed E-state index contributed by atoms with van der Waals surface area (Å²) < 4.78 is 16.7. The van der Waals surface area contributed by atoms with Gasteiger partial charge in [0.1, 0.15) is 13.2 Å². The normalized spacial score (nSPS) is 13.3. The molecule has 0 bridgehead atoms. The molecule has 1 atom stereocenters. The summed E-state index contributed by atoms with van der Waals surface area (Å²) in [6.45, 7) is 6.29. The smallest absolute Gasteiger partial charge is 0.306 e. The molecule has 0 radical (unpaired) electrons. The van der Waals surface area contributed by atoms with Gasteiger partial charge in [0.05, 0.1) is 0 Å². The van der Waals surface area contributed by atoms with Gasteiger partial charge in [-0.3, -0.25) is 14.4 Å². The molecule has 0 aliphatic carbocycles. The van der Waals surface area contributed by atoms with Gasteiger partial charge in [-0.2, -0.15) is 0 Å². The number of ether oxygens (including phenoxy) is 3. The summed E-state index contributed by atoms with van der Waals surface area (Å²) in [5.41, 5.74) is 0. The quantitative estimate of drug-likeness (QED) is 0.0261. The fraction of sp³-hybridized carbons (Fsp3) is 0.563. The van der Waals surface area contributed by atoms with Crippen molar-refractivity contribution in [1.29, 1.82) is 0 Å². The van der Waals surface area contributed by atoms with Crippen LogP contribution in [-0.4, -0.2) is 37.2 Å². The van der Waals surface area contributed by atoms with Gasteiger partial charge >= 0.3 is 17.9 Å². The minimum absolute atomic E-state index is 0.124. The molecule has 0 aliphatic heterocycles. The minimum Gasteiger partial charge on any atom is -0.462 e. The van der Waals surface area contributed by atoms with Crippen LogP contribution < -0.4 is 0 Å². The second-order valence-electron chi connectivity index (χ2n) is 19.5. The molecule has 0 saturated carbocycles. The molecule has 0 amide bonds. The molecule has 0 saturated heterocycles. The van der Waals surface area contributed by atoms with E-state index in [4.69, 9.17) is 14.2 Å². The van der Waals surface area contributed by atoms with E-state index in [2.05, 4.69) is 179 Å². The van der Waals surface area contributed by atoms with Crippen molar-refractivity contribution in [2.45, 2.75) is 245 Å². The number of carbonyl (C=O) groups is 3. The van der Waals surface area contributed by atoms with Gasteiger partial charge in [-0.05, 0) is 141 Å². The second kappa shape index (κ2) is 63.3. The molecule has 0 aromatic carbocycles. The van der Waals surface area contributed by atoms with Crippen LogP contribution in [-0.2, 0) is 28.6 Å². The van der Waals surface area contributed by atoms with Crippen LogP contribution in [0.3, 0.4) is 0 Å². The highest BCUT2D eigenvalue weighted by Crippen LogP contribution is 2.12. The van der Waals surface area contributed by atoms with E-state index < -0.39 is 12.1 Å². The third kappa shape index (κ3) is 61.5. The molecule has 0 spiro atoms. The van der Waals surface area contributed by atoms with E-state index in [0.717, 1.165) is 154 Å². The number of allylic oxidation sites excluding steroid dienone is 28. The predicted molar refractivity (Wildman–Crippen MR) is 334 cm³/mol. The SMILES string of the molecule is CC/C=C\C/C=C\C/C=C\C/C=C\C/C=C\C/C=C\C/C=C\C/C=C\C/C=C\CCCCCCCC(=O)OCC(COC(=O)CCCCCCC/C=C\CCCCCC)OC(=O)CC/C=C\C/C=C\C/C=C\C/C=C\CC. The van der Waals surface area contributed by atoms with Crippen molar-refractivity contribution >= 4 is 17.9 Å². The van der Waals surface area contributed by atoms with E-state index in [1.165, 1.54) is 38.5 Å². The van der Waals surface area contributed by atoms with Gasteiger partial charge < -0.3 is 14.2 Å². The first kappa shape index (κ1) is 71.8. The van der Waals surface area contributed by atoms with Gasteiger partial charge in [0.2, 0.25) is 0 Å². The average Bonchev–Trinajstić information content (AvgIpc) is 3.43. The molecule has 0 aliphatic rings. The molecule has 0 rings (SSSR count). The van der Waals surface area contributed by atoms with Crippen molar-refractivity contribution in [2.75, 3.05) is 13.2 Å². The molecule has 0 fully saturated rings. The summed E-state index contributed by atoms with van der Waals surface area (Å²) in [5.74, 6) is -1.04. The lowest BCUT2D eigenvalue weighted by Gasteiger charge is -2.18. The summed E-state index contributed by atoms with van der Waals surface area (Å²) in [6, 6.07) is 0. The van der Waals surface area contributed by atoms with Gasteiger partial charge in [-0.1, -0.05) is 249 Å². The predicted octanol–water partition coefficient (Wildman–Crippen LogP) is 21.1. The Hall–Kier alpha value is -5.23. The lowest BCUT2D eigenvalue weighted by molar-refractivity contribution is -0.166. The maximum Gasteiger partial charge on any atom is 0.306 e. The van der Waals surface area contributed by atoms with Crippen LogP contribution in [0.2, 0.25) is 0 Å². The average molecular weight is 1060 g/mol. The number of esters is 3. The number of hydrogen-bond acceptors (Lipinski definition) is 6. The monoisotopic (exact) mass is 1060 g/mol. The third-order valence-corrected chi connectivity index (χ3v) is 12.2. The molecule has 1 unspecified atom stereocenters. The zero-order valence-electron chi connectivity index (χ0n) is 49.1. The van der Waals surface area contributed by atoms with Crippen LogP contribution in [0, 0.1) is 0 Å². The molecule has 77 heavy (non-hydrogen) atoms. The standard InChI is InChI=1S/C71H110O6/c1-4-7-10-13-16-19-22-25-26-27-28-29-30-31-32-33-34-35-36-37-38-39-40-41-42-43-44-47-49-52-55-58-61-64-70(73)76-67-68(77-71(74)65-62-59-56-53-50-46-24-21-18-15-12-9-6-3)66-75-69(72)63-60-57-54-51-48-45-23-20-17-14-11-8-5-2/h7,9-10,12,16,18-21,23,25-26,28-29,31-32,34-35,37-38,40-41,43-44,46,50,56,59,68H,4-6,8,11,13-15,17,22,24,27,30,33,36,39,42,45,47-49,51-55,57-58,60-67H2,1-3H3/b10-7-,12-9-,19-16-,21-18-,23-20-,26-25-,29-28-,32-31-,35-34-,38-37-,41-40-,44-43-,50-46-,59-56-. The van der Waals surface area contributed by atoms with Crippen LogP contribution in [0.5, 0.6) is 0 Å². The Morgan fingerprint density at radius 1 is 0.273 bits per heavy atom. The largest absolute Gasteiger partial charge is 0.462 e. The summed E-state index contributed by atoms with van der Waals surface area (Å²) in [6.07, 6.45) is 93.7. The fourth-order valence-electron chi connectivity index (χ4n) is 7.68. The zero-order valence-corrected chi connectivity index (χ0v) is 49.1. The molecule has 0 aromatic rings. The number of hydrogen-bond donors (Lipinski definition) is 0. The fourth-order valence-corrected chi connectivity index (χ4v) is 7.68. The van der Waals surface area contributed by atoms with Gasteiger partial charge in [0.25, 0.3) is 0 Å². The highest BCUT2D eigenvalue weighted by Gasteiger charge is 2.19. The maximum absolute atomic E-state index is 12.8. The third-order valence-electron chi connectivity index (χ3n) is 12.2. The van der Waals surface area contributed by atoms with E-state index in [-0.39, 0.29) is 31.6 Å². The van der Waals surface area contributed by atoms with E-state index in [0.29, 0.717) is 19.3 Å². The van der Waals surface area contributed by atoms with Crippen LogP contribution in [0.1, 0.15) is 239 Å². The Morgan fingerprint density at radius 3 is 0.857 bits per heavy atom. The van der Waals surface area contributed by atoms with E-state index in [9.17, 15) is 14.4 Å². The first-order chi connectivity index (χ1) is 38.0. The molecule has 0 N–H and O–H groups in total. The van der Waals surface area contributed by atoms with Crippen LogP contribution in [0.4, 0.5) is 0 Å². The Kier molecular flexibility index (Phi) is 59.0. The van der Waals surface area contributed by atoms with Crippen molar-refractivity contribution in [2.24, 2.45) is 0 Å². The zero-order chi connectivity index (χ0) is 55.7. The summed E-state index contributed by atoms with van der Waals surface area (Å²) >= 11 is 0. The summed E-state index contributed by atoms with van der Waals surface area (Å²) in [4.78, 5) is 38.1. The highest BCUT2D eigenvalue weighted by molar-refractivity contribution is 5.71. The van der Waals surface area contributed by atoms with Crippen LogP contribution in [0.15, 0.2) is 170 Å². The van der Waals surface area contributed by atoms with Crippen molar-refractivity contribution in [3.8, 4) is 0 Å². The molecule has 430 valence electrons. The maximum atomic E-state index is 12.8. The topological polar surface area (TPSA) is 78.9 Å². The molecular formula is C71H110O6. The number of carbonyl (C=O) groups excluding carboxylic acids is 3. The van der Waals surface area contributed by atoms with Crippen molar-refractivity contribution < 1.29 is 28.6 Å². The lowest BCUT2D eigenvalue weighted by atomic mass is 10.1. The summed E-state index contributed by atoms with van der Waals surface area (Å²) in [5, 5.41) is 0. The number of rotatable bonds is 53. The summed E-state index contributed by atoms with van der Waals surface area (Å²) in [7, 11) is 0. The van der Waals surface area contributed by atoms with Crippen LogP contribution >= 0.6 is 0 Å². The van der Waals surface area contributed by atoms with Gasteiger partial charge in [0.15, 0.2) is 6.10 Å². The first-order valence-electron chi connectivity index (χ1n) is 30.6. The Balaban J connectivity index is 4.36. The van der Waals surface area contributed by atoms with E-state index in [1.54, 1.807) is 0 Å². The molecule has 0 heterocycles. The molecule has 6 nitrogen and oxygen atoms in total. The van der Waals surface area contributed by atoms with E-state index >= 15 is 0 Å². The highest BCUT2D eigenvalue weighted by atomic mass is 16.6. The van der Waals surface area contributed by atoms with Crippen molar-refractivity contribution in [1.82, 2.24) is 0 Å². The lowest BCUT2D eigenvalue weighted by Crippen LogP contribution is -2.30. The number of unbranched alkanes of at least 4 members (excludes halogenated alkanes) is 14. The van der Waals surface area contributed by atoms with Gasteiger partial charge in [0, 0.05) is 19.3 Å². The van der Waals surface area contributed by atoms with Gasteiger partial charge in [-0.25, -0.2) is 0 Å². The molecule has 6 heteroatoms. The molecular weight excluding hydrogens is 949 g/mol. The van der Waals surface area contributed by atoms with Gasteiger partial charge in [-0.15, -0.1) is 0 Å². The molecule has 0 aromatic heterocycles. The Morgan fingerprint density at radius 2 is 0.532 bits per heavy atom. The first-order valence-corrected chi connectivity index (χ1v) is 30.6. The van der Waals surface area contributed by atoms with E-state index in [1.807, 2.05) is 12.2 Å². The van der Waals surface area contributed by atoms with Crippen LogP contribution in [0.25, 0.3) is 0 Å².